The summed E-state index contributed by atoms with van der Waals surface area (Å²) in [6, 6.07) is 11.7. The number of piperidine rings is 2. The molecule has 0 amide bonds. The molecule has 1 aromatic carbocycles. The van der Waals surface area contributed by atoms with Crippen molar-refractivity contribution in [2.75, 3.05) is 19.6 Å². The SMILES string of the molecule is O=C(O)CCN1CC[C@@H](Cc2nc3ccccc3n2[C@@H]2C[C@H]3CCC[C@@H](C2)N3[C@H]2C[C@@H]3CCCC[C@@H](C3)C2)C1. The van der Waals surface area contributed by atoms with Crippen LogP contribution in [0.5, 0.6) is 0 Å². The molecule has 39 heavy (non-hydrogen) atoms. The van der Waals surface area contributed by atoms with E-state index in [1.165, 1.54) is 88.4 Å². The number of benzene rings is 1. The highest BCUT2D eigenvalue weighted by atomic mass is 16.4. The second-order valence-electron chi connectivity index (χ2n) is 13.9. The van der Waals surface area contributed by atoms with Gasteiger partial charge in [-0.3, -0.25) is 9.69 Å². The molecule has 4 bridgehead atoms. The van der Waals surface area contributed by atoms with E-state index in [1.807, 2.05) is 0 Å². The molecule has 2 aromatic rings. The number of carbonyl (C=O) groups is 1. The number of likely N-dealkylation sites (tertiary alicyclic amines) is 1. The molecule has 1 aromatic heterocycles. The van der Waals surface area contributed by atoms with Gasteiger partial charge in [0.1, 0.15) is 5.82 Å². The molecule has 7 atom stereocenters. The number of hydrogen-bond acceptors (Lipinski definition) is 4. The number of carboxylic acid groups (broad SMARTS) is 1. The van der Waals surface area contributed by atoms with Crippen LogP contribution in [0.2, 0.25) is 0 Å². The summed E-state index contributed by atoms with van der Waals surface area (Å²) in [5.41, 5.74) is 2.48. The third-order valence-electron chi connectivity index (χ3n) is 11.3. The Kier molecular flexibility index (Phi) is 7.44. The molecule has 6 nitrogen and oxygen atoms in total. The van der Waals surface area contributed by atoms with Crippen molar-refractivity contribution in [2.45, 2.75) is 120 Å². The van der Waals surface area contributed by atoms with Crippen molar-refractivity contribution in [2.24, 2.45) is 17.8 Å². The molecular formula is C33H48N4O2. The van der Waals surface area contributed by atoms with Gasteiger partial charge in [-0.1, -0.05) is 44.2 Å². The molecule has 4 heterocycles. The highest BCUT2D eigenvalue weighted by Gasteiger charge is 2.45. The average Bonchev–Trinajstić information content (AvgIpc) is 3.48. The van der Waals surface area contributed by atoms with Crippen LogP contribution >= 0.6 is 0 Å². The summed E-state index contributed by atoms with van der Waals surface area (Å²) in [6.07, 6.45) is 19.5. The molecule has 0 spiro atoms. The fourth-order valence-electron chi connectivity index (χ4n) is 9.75. The molecule has 3 aliphatic heterocycles. The van der Waals surface area contributed by atoms with Crippen molar-refractivity contribution >= 4 is 17.0 Å². The molecule has 3 saturated heterocycles. The number of rotatable bonds is 7. The molecule has 2 aliphatic carbocycles. The highest BCUT2D eigenvalue weighted by molar-refractivity contribution is 5.76. The predicted molar refractivity (Wildman–Crippen MR) is 155 cm³/mol. The topological polar surface area (TPSA) is 61.6 Å². The van der Waals surface area contributed by atoms with Gasteiger partial charge in [0.25, 0.3) is 0 Å². The van der Waals surface area contributed by atoms with Gasteiger partial charge >= 0.3 is 5.97 Å². The minimum Gasteiger partial charge on any atom is -0.481 e. The summed E-state index contributed by atoms with van der Waals surface area (Å²) in [6.45, 7) is 2.70. The van der Waals surface area contributed by atoms with Gasteiger partial charge in [0, 0.05) is 43.7 Å². The van der Waals surface area contributed by atoms with E-state index in [0.717, 1.165) is 61.4 Å². The van der Waals surface area contributed by atoms with E-state index in [2.05, 4.69) is 38.6 Å². The van der Waals surface area contributed by atoms with E-state index in [-0.39, 0.29) is 6.42 Å². The minimum atomic E-state index is -0.691. The molecule has 6 heteroatoms. The van der Waals surface area contributed by atoms with Crippen LogP contribution in [0.15, 0.2) is 24.3 Å². The van der Waals surface area contributed by atoms with Gasteiger partial charge in [-0.2, -0.15) is 0 Å². The summed E-state index contributed by atoms with van der Waals surface area (Å²) in [7, 11) is 0. The van der Waals surface area contributed by atoms with Crippen LogP contribution in [-0.4, -0.2) is 68.2 Å². The minimum absolute atomic E-state index is 0.245. The highest BCUT2D eigenvalue weighted by Crippen LogP contribution is 2.47. The number of imidazole rings is 1. The van der Waals surface area contributed by atoms with E-state index >= 15 is 0 Å². The number of para-hydroxylation sites is 2. The van der Waals surface area contributed by atoms with Crippen LogP contribution in [0.25, 0.3) is 11.0 Å². The van der Waals surface area contributed by atoms with Gasteiger partial charge in [-0.05, 0) is 87.8 Å². The summed E-state index contributed by atoms with van der Waals surface area (Å²) in [4.78, 5) is 21.7. The van der Waals surface area contributed by atoms with E-state index < -0.39 is 5.97 Å². The molecule has 0 radical (unpaired) electrons. The maximum Gasteiger partial charge on any atom is 0.304 e. The Hall–Kier alpha value is -1.92. The largest absolute Gasteiger partial charge is 0.481 e. The molecule has 5 fully saturated rings. The maximum atomic E-state index is 11.1. The van der Waals surface area contributed by atoms with Crippen molar-refractivity contribution in [1.29, 1.82) is 0 Å². The van der Waals surface area contributed by atoms with Crippen molar-refractivity contribution in [1.82, 2.24) is 19.4 Å². The number of aromatic nitrogens is 2. The van der Waals surface area contributed by atoms with Gasteiger partial charge in [-0.15, -0.1) is 0 Å². The number of carboxylic acids is 1. The van der Waals surface area contributed by atoms with Gasteiger partial charge in [0.2, 0.25) is 0 Å². The van der Waals surface area contributed by atoms with E-state index in [1.54, 1.807) is 0 Å². The normalized spacial score (nSPS) is 35.7. The Morgan fingerprint density at radius 2 is 1.59 bits per heavy atom. The van der Waals surface area contributed by atoms with Gasteiger partial charge in [-0.25, -0.2) is 4.98 Å². The number of nitrogens with zero attached hydrogens (tertiary/aromatic N) is 4. The van der Waals surface area contributed by atoms with Gasteiger partial charge in [0.05, 0.1) is 17.5 Å². The quantitative estimate of drug-likeness (QED) is 0.454. The number of fused-ring (bicyclic) bond motifs is 5. The monoisotopic (exact) mass is 532 g/mol. The van der Waals surface area contributed by atoms with Crippen LogP contribution in [0.1, 0.15) is 102 Å². The predicted octanol–water partition coefficient (Wildman–Crippen LogP) is 6.29. The fraction of sp³-hybridized carbons (Fsp3) is 0.758. The van der Waals surface area contributed by atoms with Crippen molar-refractivity contribution < 1.29 is 9.90 Å². The Bertz CT molecular complexity index is 1130. The van der Waals surface area contributed by atoms with Crippen molar-refractivity contribution in [3.8, 4) is 0 Å². The number of aliphatic carboxylic acids is 1. The Morgan fingerprint density at radius 1 is 0.846 bits per heavy atom. The molecule has 2 saturated carbocycles. The van der Waals surface area contributed by atoms with Crippen LogP contribution in [0, 0.1) is 17.8 Å². The summed E-state index contributed by atoms with van der Waals surface area (Å²) in [5, 5.41) is 9.12. The van der Waals surface area contributed by atoms with E-state index in [0.29, 0.717) is 18.5 Å². The average molecular weight is 533 g/mol. The third kappa shape index (κ3) is 5.40. The zero-order valence-electron chi connectivity index (χ0n) is 23.7. The second kappa shape index (κ2) is 11.2. The van der Waals surface area contributed by atoms with E-state index in [4.69, 9.17) is 10.1 Å². The van der Waals surface area contributed by atoms with Crippen LogP contribution in [0.4, 0.5) is 0 Å². The lowest BCUT2D eigenvalue weighted by Gasteiger charge is -2.54. The summed E-state index contributed by atoms with van der Waals surface area (Å²) in [5.74, 6) is 3.13. The zero-order chi connectivity index (χ0) is 26.3. The summed E-state index contributed by atoms with van der Waals surface area (Å²) >= 11 is 0. The Labute approximate surface area is 234 Å². The first kappa shape index (κ1) is 26.0. The van der Waals surface area contributed by atoms with Crippen LogP contribution < -0.4 is 0 Å². The molecule has 5 aliphatic rings. The zero-order valence-corrected chi connectivity index (χ0v) is 23.7. The molecule has 0 unspecified atom stereocenters. The first-order valence-electron chi connectivity index (χ1n) is 16.3. The first-order valence-corrected chi connectivity index (χ1v) is 16.3. The van der Waals surface area contributed by atoms with E-state index in [9.17, 15) is 4.79 Å². The lowest BCUT2D eigenvalue weighted by Crippen LogP contribution is -2.58. The number of hydrogen-bond donors (Lipinski definition) is 1. The molecule has 7 rings (SSSR count). The Morgan fingerprint density at radius 3 is 2.33 bits per heavy atom. The van der Waals surface area contributed by atoms with Crippen molar-refractivity contribution in [3.63, 3.8) is 0 Å². The third-order valence-corrected chi connectivity index (χ3v) is 11.3. The lowest BCUT2D eigenvalue weighted by atomic mass is 9.73. The van der Waals surface area contributed by atoms with Crippen LogP contribution in [-0.2, 0) is 11.2 Å². The summed E-state index contributed by atoms with van der Waals surface area (Å²) < 4.78 is 2.68. The lowest BCUT2D eigenvalue weighted by molar-refractivity contribution is -0.137. The molecule has 212 valence electrons. The standard InChI is InChI=1S/C33H48N4O2/c38-33(39)13-15-35-14-12-25(22-35)19-32-34-30-10-3-4-11-31(30)37(32)29-20-26-8-5-9-27(21-29)36(26)28-17-23-6-1-2-7-24(16-23)18-28/h3-4,10-11,23-29H,1-2,5-9,12-22H2,(H,38,39)/t23-,24+,25-,26-,27+,28+,29-/m0/s1. The Balaban J connectivity index is 1.11. The van der Waals surface area contributed by atoms with Gasteiger partial charge < -0.3 is 14.6 Å². The molecular weight excluding hydrogens is 484 g/mol. The van der Waals surface area contributed by atoms with Crippen molar-refractivity contribution in [3.05, 3.63) is 30.1 Å². The van der Waals surface area contributed by atoms with Crippen LogP contribution in [0.3, 0.4) is 0 Å². The fourth-order valence-corrected chi connectivity index (χ4v) is 9.75. The smallest absolute Gasteiger partial charge is 0.304 e. The first-order chi connectivity index (χ1) is 19.1. The second-order valence-corrected chi connectivity index (χ2v) is 13.9. The van der Waals surface area contributed by atoms with Gasteiger partial charge in [0.15, 0.2) is 0 Å². The maximum absolute atomic E-state index is 11.1. The molecule has 1 N–H and O–H groups in total.